The summed E-state index contributed by atoms with van der Waals surface area (Å²) in [5, 5.41) is 20.7. The van der Waals surface area contributed by atoms with Crippen molar-refractivity contribution in [3.63, 3.8) is 0 Å². The molecule has 1 aliphatic heterocycles. The molecular weight excluding hydrogens is 252 g/mol. The van der Waals surface area contributed by atoms with E-state index in [1.54, 1.807) is 0 Å². The van der Waals surface area contributed by atoms with Crippen LogP contribution < -0.4 is 10.6 Å². The summed E-state index contributed by atoms with van der Waals surface area (Å²) in [7, 11) is 0. The number of rotatable bonds is 5. The zero-order valence-corrected chi connectivity index (χ0v) is 11.4. The summed E-state index contributed by atoms with van der Waals surface area (Å²) in [6.45, 7) is 3.15. The van der Waals surface area contributed by atoms with Gasteiger partial charge >= 0.3 is 0 Å². The largest absolute Gasteiger partial charge is 0.391 e. The van der Waals surface area contributed by atoms with Crippen LogP contribution in [0.3, 0.4) is 0 Å². The van der Waals surface area contributed by atoms with Gasteiger partial charge in [-0.05, 0) is 18.2 Å². The quantitative estimate of drug-likeness (QED) is 0.743. The average molecular weight is 272 g/mol. The first-order valence-corrected chi connectivity index (χ1v) is 7.02. The van der Waals surface area contributed by atoms with E-state index >= 15 is 0 Å². The van der Waals surface area contributed by atoms with Crippen molar-refractivity contribution in [2.75, 3.05) is 19.6 Å². The van der Waals surface area contributed by atoms with Gasteiger partial charge in [-0.25, -0.2) is 4.68 Å². The van der Waals surface area contributed by atoms with Crippen molar-refractivity contribution in [3.05, 3.63) is 48.3 Å². The Kier molecular flexibility index (Phi) is 4.11. The van der Waals surface area contributed by atoms with E-state index in [1.165, 1.54) is 0 Å². The average Bonchev–Trinajstić information content (AvgIpc) is 3.10. The summed E-state index contributed by atoms with van der Waals surface area (Å²) in [6.07, 6.45) is 1.58. The van der Waals surface area contributed by atoms with Crippen LogP contribution in [0.1, 0.15) is 5.69 Å². The van der Waals surface area contributed by atoms with Crippen LogP contribution in [0, 0.1) is 5.92 Å². The van der Waals surface area contributed by atoms with Gasteiger partial charge in [0.15, 0.2) is 0 Å². The van der Waals surface area contributed by atoms with Crippen LogP contribution in [0.5, 0.6) is 0 Å². The number of benzene rings is 1. The predicted molar refractivity (Wildman–Crippen MR) is 77.6 cm³/mol. The molecule has 0 bridgehead atoms. The fraction of sp³-hybridized carbons (Fsp3) is 0.400. The number of aliphatic hydroxyl groups is 1. The highest BCUT2D eigenvalue weighted by Crippen LogP contribution is 2.11. The van der Waals surface area contributed by atoms with Gasteiger partial charge in [-0.1, -0.05) is 18.2 Å². The molecule has 0 spiro atoms. The van der Waals surface area contributed by atoms with E-state index in [-0.39, 0.29) is 6.10 Å². The number of aliphatic hydroxyl groups excluding tert-OH is 1. The molecule has 2 heterocycles. The summed E-state index contributed by atoms with van der Waals surface area (Å²) < 4.78 is 1.94. The lowest BCUT2D eigenvalue weighted by atomic mass is 10.1. The highest BCUT2D eigenvalue weighted by Gasteiger charge is 2.24. The molecule has 1 aromatic heterocycles. The SMILES string of the molecule is OC1CNCC1CNCc1ccnn1-c1ccccc1. The zero-order valence-electron chi connectivity index (χ0n) is 11.4. The highest BCUT2D eigenvalue weighted by molar-refractivity contribution is 5.32. The zero-order chi connectivity index (χ0) is 13.8. The lowest BCUT2D eigenvalue weighted by Crippen LogP contribution is -2.30. The summed E-state index contributed by atoms with van der Waals surface area (Å²) in [5.74, 6) is 0.295. The molecule has 0 radical (unpaired) electrons. The topological polar surface area (TPSA) is 62.1 Å². The summed E-state index contributed by atoms with van der Waals surface area (Å²) in [4.78, 5) is 0. The Balaban J connectivity index is 1.60. The van der Waals surface area contributed by atoms with Gasteiger partial charge in [0, 0.05) is 38.3 Å². The summed E-state index contributed by atoms with van der Waals surface area (Å²) >= 11 is 0. The molecule has 1 aromatic carbocycles. The Morgan fingerprint density at radius 3 is 2.85 bits per heavy atom. The van der Waals surface area contributed by atoms with E-state index in [4.69, 9.17) is 0 Å². The van der Waals surface area contributed by atoms with E-state index in [0.717, 1.165) is 31.0 Å². The maximum absolute atomic E-state index is 9.76. The van der Waals surface area contributed by atoms with Crippen LogP contribution in [0.25, 0.3) is 5.69 Å². The molecule has 2 aromatic rings. The molecule has 0 saturated carbocycles. The summed E-state index contributed by atoms with van der Waals surface area (Å²) in [6, 6.07) is 12.1. The van der Waals surface area contributed by atoms with Crippen LogP contribution in [0.2, 0.25) is 0 Å². The Morgan fingerprint density at radius 1 is 1.25 bits per heavy atom. The van der Waals surface area contributed by atoms with Crippen molar-refractivity contribution >= 4 is 0 Å². The molecule has 1 aliphatic rings. The van der Waals surface area contributed by atoms with Gasteiger partial charge in [-0.2, -0.15) is 5.10 Å². The third-order valence-corrected chi connectivity index (χ3v) is 3.74. The molecule has 1 saturated heterocycles. The van der Waals surface area contributed by atoms with Crippen LogP contribution in [0.4, 0.5) is 0 Å². The van der Waals surface area contributed by atoms with Crippen molar-refractivity contribution in [2.45, 2.75) is 12.6 Å². The number of nitrogens with one attached hydrogen (secondary N) is 2. The van der Waals surface area contributed by atoms with E-state index in [2.05, 4.69) is 15.7 Å². The number of β-amino-alcohol motifs (C(OH)–C–C–N with tert-alkyl or cyclic N) is 1. The fourth-order valence-electron chi connectivity index (χ4n) is 2.58. The number of hydrogen-bond acceptors (Lipinski definition) is 4. The Labute approximate surface area is 118 Å². The number of hydrogen-bond donors (Lipinski definition) is 3. The second-order valence-corrected chi connectivity index (χ2v) is 5.19. The minimum Gasteiger partial charge on any atom is -0.391 e. The van der Waals surface area contributed by atoms with Gasteiger partial charge in [-0.15, -0.1) is 0 Å². The molecule has 2 unspecified atom stereocenters. The van der Waals surface area contributed by atoms with Gasteiger partial charge < -0.3 is 15.7 Å². The van der Waals surface area contributed by atoms with Gasteiger partial charge in [0.25, 0.3) is 0 Å². The monoisotopic (exact) mass is 272 g/mol. The van der Waals surface area contributed by atoms with Crippen LogP contribution in [-0.4, -0.2) is 40.6 Å². The first kappa shape index (κ1) is 13.3. The smallest absolute Gasteiger partial charge is 0.0716 e. The highest BCUT2D eigenvalue weighted by atomic mass is 16.3. The number of para-hydroxylation sites is 1. The van der Waals surface area contributed by atoms with E-state index < -0.39 is 0 Å². The standard InChI is InChI=1S/C15H20N4O/c20-15-11-17-9-12(15)8-16-10-14-6-7-18-19(14)13-4-2-1-3-5-13/h1-7,12,15-17,20H,8-11H2. The second kappa shape index (κ2) is 6.17. The van der Waals surface area contributed by atoms with Crippen LogP contribution in [0.15, 0.2) is 42.6 Å². The third-order valence-electron chi connectivity index (χ3n) is 3.74. The molecule has 1 fully saturated rings. The first-order valence-electron chi connectivity index (χ1n) is 7.02. The molecule has 3 N–H and O–H groups in total. The lowest BCUT2D eigenvalue weighted by molar-refractivity contribution is 0.146. The van der Waals surface area contributed by atoms with Crippen LogP contribution >= 0.6 is 0 Å². The number of aromatic nitrogens is 2. The van der Waals surface area contributed by atoms with Crippen molar-refractivity contribution in [2.24, 2.45) is 5.92 Å². The maximum Gasteiger partial charge on any atom is 0.0716 e. The molecule has 20 heavy (non-hydrogen) atoms. The molecule has 0 amide bonds. The van der Waals surface area contributed by atoms with Crippen molar-refractivity contribution in [1.29, 1.82) is 0 Å². The normalized spacial score (nSPS) is 22.2. The maximum atomic E-state index is 9.76. The molecule has 0 aliphatic carbocycles. The number of nitrogens with zero attached hydrogens (tertiary/aromatic N) is 2. The molecule has 5 heteroatoms. The van der Waals surface area contributed by atoms with Gasteiger partial charge in [0.1, 0.15) is 0 Å². The van der Waals surface area contributed by atoms with Gasteiger partial charge in [-0.3, -0.25) is 0 Å². The second-order valence-electron chi connectivity index (χ2n) is 5.19. The minimum absolute atomic E-state index is 0.235. The molecular formula is C15H20N4O. The lowest BCUT2D eigenvalue weighted by Gasteiger charge is -2.14. The Bertz CT molecular complexity index is 540. The van der Waals surface area contributed by atoms with Crippen LogP contribution in [-0.2, 0) is 6.54 Å². The fourth-order valence-corrected chi connectivity index (χ4v) is 2.58. The molecule has 3 rings (SSSR count). The Hall–Kier alpha value is -1.69. The molecule has 106 valence electrons. The van der Waals surface area contributed by atoms with E-state index in [0.29, 0.717) is 12.5 Å². The van der Waals surface area contributed by atoms with E-state index in [1.807, 2.05) is 47.3 Å². The molecule has 2 atom stereocenters. The van der Waals surface area contributed by atoms with Crippen molar-refractivity contribution in [1.82, 2.24) is 20.4 Å². The van der Waals surface area contributed by atoms with Crippen molar-refractivity contribution < 1.29 is 5.11 Å². The summed E-state index contributed by atoms with van der Waals surface area (Å²) in [5.41, 5.74) is 2.19. The molecule has 5 nitrogen and oxygen atoms in total. The first-order chi connectivity index (χ1) is 9.84. The van der Waals surface area contributed by atoms with E-state index in [9.17, 15) is 5.11 Å². The minimum atomic E-state index is -0.235. The third kappa shape index (κ3) is 2.90. The van der Waals surface area contributed by atoms with Gasteiger partial charge in [0.05, 0.1) is 17.5 Å². The van der Waals surface area contributed by atoms with Gasteiger partial charge in [0.2, 0.25) is 0 Å². The van der Waals surface area contributed by atoms with Crippen molar-refractivity contribution in [3.8, 4) is 5.69 Å². The predicted octanol–water partition coefficient (Wildman–Crippen LogP) is 0.542. The Morgan fingerprint density at radius 2 is 2.10 bits per heavy atom.